The van der Waals surface area contributed by atoms with Crippen LogP contribution in [0.3, 0.4) is 0 Å². The van der Waals surface area contributed by atoms with E-state index in [2.05, 4.69) is 48.8 Å². The zero-order valence-corrected chi connectivity index (χ0v) is 12.6. The molecule has 1 aliphatic rings. The number of rotatable bonds is 4. The molecule has 0 bridgehead atoms. The topological polar surface area (TPSA) is 15.7 Å². The minimum atomic E-state index is 0.501. The Kier molecular flexibility index (Phi) is 4.70. The van der Waals surface area contributed by atoms with E-state index in [0.29, 0.717) is 5.92 Å². The van der Waals surface area contributed by atoms with Crippen LogP contribution in [0.5, 0.6) is 5.75 Å². The van der Waals surface area contributed by atoms with Gasteiger partial charge in [0.2, 0.25) is 0 Å². The van der Waals surface area contributed by atoms with Crippen LogP contribution in [-0.2, 0) is 0 Å². The maximum absolute atomic E-state index is 5.54. The van der Waals surface area contributed by atoms with Crippen molar-refractivity contribution in [3.8, 4) is 5.75 Å². The van der Waals surface area contributed by atoms with Gasteiger partial charge in [-0.2, -0.15) is 0 Å². The average Bonchev–Trinajstić information content (AvgIpc) is 2.46. The highest BCUT2D eigenvalue weighted by Gasteiger charge is 2.17. The Bertz CT molecular complexity index is 409. The zero-order chi connectivity index (χ0) is 13.8. The number of ether oxygens (including phenoxy) is 1. The molecule has 1 aromatic rings. The molecule has 0 N–H and O–H groups in total. The summed E-state index contributed by atoms with van der Waals surface area (Å²) in [7, 11) is 1.76. The first-order valence-electron chi connectivity index (χ1n) is 7.31. The Morgan fingerprint density at radius 3 is 2.37 bits per heavy atom. The lowest BCUT2D eigenvalue weighted by Gasteiger charge is -2.35. The van der Waals surface area contributed by atoms with E-state index in [1.54, 1.807) is 7.11 Å². The molecule has 3 heteroatoms. The first-order valence-corrected chi connectivity index (χ1v) is 7.31. The number of nitrogens with zero attached hydrogens (tertiary/aromatic N) is 2. The minimum Gasteiger partial charge on any atom is -0.496 e. The summed E-state index contributed by atoms with van der Waals surface area (Å²) in [6.45, 7) is 12.3. The minimum absolute atomic E-state index is 0.501. The van der Waals surface area contributed by atoms with E-state index < -0.39 is 0 Å². The van der Waals surface area contributed by atoms with E-state index >= 15 is 0 Å². The van der Waals surface area contributed by atoms with Crippen LogP contribution < -0.4 is 9.64 Å². The lowest BCUT2D eigenvalue weighted by molar-refractivity contribution is 0.271. The summed E-state index contributed by atoms with van der Waals surface area (Å²) < 4.78 is 5.54. The van der Waals surface area contributed by atoms with Crippen LogP contribution in [0.4, 0.5) is 5.69 Å². The van der Waals surface area contributed by atoms with Gasteiger partial charge in [-0.15, -0.1) is 0 Å². The second kappa shape index (κ2) is 6.29. The Morgan fingerprint density at radius 2 is 1.84 bits per heavy atom. The second-order valence-corrected chi connectivity index (χ2v) is 5.50. The first kappa shape index (κ1) is 14.2. The third kappa shape index (κ3) is 3.21. The Labute approximate surface area is 117 Å². The van der Waals surface area contributed by atoms with Crippen molar-refractivity contribution in [3.05, 3.63) is 23.8 Å². The number of anilines is 1. The van der Waals surface area contributed by atoms with Gasteiger partial charge in [0, 0.05) is 37.9 Å². The van der Waals surface area contributed by atoms with Gasteiger partial charge in [0.25, 0.3) is 0 Å². The van der Waals surface area contributed by atoms with Crippen molar-refractivity contribution in [2.24, 2.45) is 0 Å². The van der Waals surface area contributed by atoms with Gasteiger partial charge >= 0.3 is 0 Å². The smallest absolute Gasteiger partial charge is 0.124 e. The fraction of sp³-hybridized carbons (Fsp3) is 0.625. The van der Waals surface area contributed by atoms with E-state index in [1.807, 2.05) is 0 Å². The number of benzene rings is 1. The van der Waals surface area contributed by atoms with Crippen LogP contribution in [0.1, 0.15) is 32.3 Å². The summed E-state index contributed by atoms with van der Waals surface area (Å²) >= 11 is 0. The van der Waals surface area contributed by atoms with E-state index in [0.717, 1.165) is 38.5 Å². The van der Waals surface area contributed by atoms with Gasteiger partial charge in [-0.1, -0.05) is 26.8 Å². The fourth-order valence-electron chi connectivity index (χ4n) is 2.70. The highest BCUT2D eigenvalue weighted by molar-refractivity contribution is 5.54. The molecule has 0 saturated carbocycles. The SMILES string of the molecule is CCN1CCN(c2ccc(C(C)C)c(OC)c2)CC1. The monoisotopic (exact) mass is 262 g/mol. The van der Waals surface area contributed by atoms with Gasteiger partial charge < -0.3 is 14.5 Å². The molecular weight excluding hydrogens is 236 g/mol. The van der Waals surface area contributed by atoms with Crippen molar-refractivity contribution in [1.82, 2.24) is 4.90 Å². The standard InChI is InChI=1S/C16H26N2O/c1-5-17-8-10-18(11-9-17)14-6-7-15(13(2)3)16(12-14)19-4/h6-7,12-13H,5,8-11H2,1-4H3. The molecule has 0 radical (unpaired) electrons. The number of piperazine rings is 1. The van der Waals surface area contributed by atoms with E-state index in [1.165, 1.54) is 11.3 Å². The lowest BCUT2D eigenvalue weighted by Crippen LogP contribution is -2.46. The molecule has 0 aliphatic carbocycles. The van der Waals surface area contributed by atoms with Crippen molar-refractivity contribution < 1.29 is 4.74 Å². The molecule has 3 nitrogen and oxygen atoms in total. The lowest BCUT2D eigenvalue weighted by atomic mass is 10.0. The summed E-state index contributed by atoms with van der Waals surface area (Å²) in [5, 5.41) is 0. The summed E-state index contributed by atoms with van der Waals surface area (Å²) in [6, 6.07) is 6.64. The average molecular weight is 262 g/mol. The first-order chi connectivity index (χ1) is 9.15. The quantitative estimate of drug-likeness (QED) is 0.829. The van der Waals surface area contributed by atoms with Crippen molar-refractivity contribution in [2.45, 2.75) is 26.7 Å². The molecule has 106 valence electrons. The predicted molar refractivity (Wildman–Crippen MR) is 81.4 cm³/mol. The highest BCUT2D eigenvalue weighted by Crippen LogP contribution is 2.31. The van der Waals surface area contributed by atoms with Crippen LogP contribution in [0.15, 0.2) is 18.2 Å². The van der Waals surface area contributed by atoms with Crippen LogP contribution >= 0.6 is 0 Å². The predicted octanol–water partition coefficient (Wildman–Crippen LogP) is 2.96. The molecule has 0 aromatic heterocycles. The molecular formula is C16H26N2O. The van der Waals surface area contributed by atoms with Crippen LogP contribution in [0.25, 0.3) is 0 Å². The van der Waals surface area contributed by atoms with Crippen molar-refractivity contribution in [1.29, 1.82) is 0 Å². The molecule has 0 amide bonds. The van der Waals surface area contributed by atoms with Crippen LogP contribution in [0, 0.1) is 0 Å². The molecule has 2 rings (SSSR count). The number of hydrogen-bond acceptors (Lipinski definition) is 3. The molecule has 1 saturated heterocycles. The molecule has 1 fully saturated rings. The number of likely N-dealkylation sites (N-methyl/N-ethyl adjacent to an activating group) is 1. The Morgan fingerprint density at radius 1 is 1.16 bits per heavy atom. The molecule has 0 unspecified atom stereocenters. The van der Waals surface area contributed by atoms with Gasteiger partial charge in [0.05, 0.1) is 7.11 Å². The molecule has 1 aromatic carbocycles. The molecule has 1 heterocycles. The van der Waals surface area contributed by atoms with Crippen molar-refractivity contribution in [3.63, 3.8) is 0 Å². The molecule has 1 aliphatic heterocycles. The van der Waals surface area contributed by atoms with E-state index in [4.69, 9.17) is 4.74 Å². The summed E-state index contributed by atoms with van der Waals surface area (Å²) in [6.07, 6.45) is 0. The van der Waals surface area contributed by atoms with Crippen LogP contribution in [0.2, 0.25) is 0 Å². The van der Waals surface area contributed by atoms with Gasteiger partial charge in [-0.3, -0.25) is 0 Å². The number of hydrogen-bond donors (Lipinski definition) is 0. The summed E-state index contributed by atoms with van der Waals surface area (Å²) in [4.78, 5) is 4.95. The third-order valence-electron chi connectivity index (χ3n) is 4.02. The molecule has 0 atom stereocenters. The van der Waals surface area contributed by atoms with Crippen molar-refractivity contribution in [2.75, 3.05) is 44.7 Å². The van der Waals surface area contributed by atoms with Gasteiger partial charge in [0.1, 0.15) is 5.75 Å². The normalized spacial score (nSPS) is 17.0. The Balaban J connectivity index is 2.13. The summed E-state index contributed by atoms with van der Waals surface area (Å²) in [5.41, 5.74) is 2.58. The largest absolute Gasteiger partial charge is 0.496 e. The van der Waals surface area contributed by atoms with Gasteiger partial charge in [-0.25, -0.2) is 0 Å². The van der Waals surface area contributed by atoms with Gasteiger partial charge in [0.15, 0.2) is 0 Å². The third-order valence-corrected chi connectivity index (χ3v) is 4.02. The van der Waals surface area contributed by atoms with E-state index in [-0.39, 0.29) is 0 Å². The molecule has 19 heavy (non-hydrogen) atoms. The molecule has 0 spiro atoms. The van der Waals surface area contributed by atoms with Gasteiger partial charge in [-0.05, 0) is 24.1 Å². The number of methoxy groups -OCH3 is 1. The van der Waals surface area contributed by atoms with Crippen LogP contribution in [-0.4, -0.2) is 44.7 Å². The van der Waals surface area contributed by atoms with E-state index in [9.17, 15) is 0 Å². The summed E-state index contributed by atoms with van der Waals surface area (Å²) in [5.74, 6) is 1.52. The maximum atomic E-state index is 5.54. The zero-order valence-electron chi connectivity index (χ0n) is 12.6. The fourth-order valence-corrected chi connectivity index (χ4v) is 2.70. The van der Waals surface area contributed by atoms with Crippen molar-refractivity contribution >= 4 is 5.69 Å². The highest BCUT2D eigenvalue weighted by atomic mass is 16.5. The second-order valence-electron chi connectivity index (χ2n) is 5.50. The Hall–Kier alpha value is -1.22. The maximum Gasteiger partial charge on any atom is 0.124 e.